The molecule has 2 N–H and O–H groups in total. The second-order valence-corrected chi connectivity index (χ2v) is 7.12. The van der Waals surface area contributed by atoms with Crippen molar-refractivity contribution in [3.05, 3.63) is 0 Å². The normalized spacial score (nSPS) is 10.2. The second-order valence-electron chi connectivity index (χ2n) is 6.35. The summed E-state index contributed by atoms with van der Waals surface area (Å²) in [6, 6.07) is 0. The zero-order valence-electron chi connectivity index (χ0n) is 16.2. The van der Waals surface area contributed by atoms with Gasteiger partial charge in [-0.05, 0) is 0 Å². The standard InChI is InChI=1S/C6H14.2C5H11NO2P/c1-3-5-6-4-2;2*1-6(2,3-4-7)5-9-8/h3-6H2,1-2H3;2*7H,3-4H2,1-2H3/q;2*+1. The molecule has 0 radical (unpaired) electrons. The predicted octanol–water partition coefficient (Wildman–Crippen LogP) is 3.11. The third kappa shape index (κ3) is 26.7. The Balaban J connectivity index is -0.000000282. The van der Waals surface area contributed by atoms with Gasteiger partial charge < -0.3 is 0 Å². The molecule has 0 spiro atoms. The molecular weight excluding hydrogens is 346 g/mol. The summed E-state index contributed by atoms with van der Waals surface area (Å²) in [5, 5.41) is 16.9. The van der Waals surface area contributed by atoms with E-state index in [2.05, 4.69) is 25.3 Å². The quantitative estimate of drug-likeness (QED) is 0.403. The molecule has 0 aromatic rings. The molecule has 0 heterocycles. The Morgan fingerprint density at radius 2 is 1.04 bits per heavy atom. The van der Waals surface area contributed by atoms with Crippen molar-refractivity contribution in [3.8, 4) is 11.5 Å². The number of hydrogen-bond acceptors (Lipinski definition) is 4. The van der Waals surface area contributed by atoms with Crippen LogP contribution in [-0.4, -0.2) is 73.7 Å². The first-order chi connectivity index (χ1) is 11.2. The molecule has 0 fully saturated rings. The molecule has 24 heavy (non-hydrogen) atoms. The Kier molecular flexibility index (Phi) is 22.9. The summed E-state index contributed by atoms with van der Waals surface area (Å²) in [7, 11) is 7.07. The maximum absolute atomic E-state index is 9.98. The molecule has 0 amide bonds. The second kappa shape index (κ2) is 19.2. The zero-order chi connectivity index (χ0) is 19.5. The van der Waals surface area contributed by atoms with E-state index in [4.69, 9.17) is 10.2 Å². The molecule has 0 aromatic heterocycles. The summed E-state index contributed by atoms with van der Waals surface area (Å²) in [6.07, 6.45) is 5.54. The van der Waals surface area contributed by atoms with Gasteiger partial charge in [0.15, 0.2) is 0 Å². The van der Waals surface area contributed by atoms with E-state index in [1.807, 2.05) is 28.2 Å². The molecule has 0 aliphatic rings. The molecule has 6 nitrogen and oxygen atoms in total. The van der Waals surface area contributed by atoms with E-state index in [9.17, 15) is 9.13 Å². The number of likely N-dealkylation sites (N-methyl/N-ethyl adjacent to an activating group) is 2. The molecule has 0 bridgehead atoms. The molecule has 8 heteroatoms. The summed E-state index contributed by atoms with van der Waals surface area (Å²) in [4.78, 5) is 0. The van der Waals surface area contributed by atoms with Crippen molar-refractivity contribution in [1.29, 1.82) is 0 Å². The third-order valence-corrected chi connectivity index (χ3v) is 4.14. The van der Waals surface area contributed by atoms with E-state index in [0.717, 1.165) is 0 Å². The number of aliphatic hydroxyl groups is 2. The average molecular weight is 382 g/mol. The SMILES string of the molecule is CCCCCC.C[N+](C)(C#P=O)CCO.C[N+](C)(C#P=O)CCO. The van der Waals surface area contributed by atoms with Crippen LogP contribution in [0.5, 0.6) is 0 Å². The Bertz CT molecular complexity index is 438. The molecule has 0 unspecified atom stereocenters. The van der Waals surface area contributed by atoms with Crippen LogP contribution in [0.3, 0.4) is 0 Å². The Morgan fingerprint density at radius 3 is 1.21 bits per heavy atom. The number of quaternary nitrogens is 2. The van der Waals surface area contributed by atoms with E-state index in [1.54, 1.807) is 0 Å². The van der Waals surface area contributed by atoms with Gasteiger partial charge in [0.2, 0.25) is 0 Å². The van der Waals surface area contributed by atoms with Gasteiger partial charge in [-0.2, -0.15) is 0 Å². The summed E-state index contributed by atoms with van der Waals surface area (Å²) in [5.74, 6) is 5.23. The first kappa shape index (κ1) is 28.7. The van der Waals surface area contributed by atoms with Gasteiger partial charge in [0.05, 0.1) is 0 Å². The molecule has 0 atom stereocenters. The molecule has 0 aromatic carbocycles. The van der Waals surface area contributed by atoms with Crippen LogP contribution < -0.4 is 0 Å². The fourth-order valence-corrected chi connectivity index (χ4v) is 1.96. The van der Waals surface area contributed by atoms with Crippen LogP contribution in [0.1, 0.15) is 39.5 Å². The fraction of sp³-hybridized carbons (Fsp3) is 0.875. The van der Waals surface area contributed by atoms with Crippen molar-refractivity contribution in [1.82, 2.24) is 0 Å². The minimum atomic E-state index is -0.105. The van der Waals surface area contributed by atoms with Gasteiger partial charge in [-0.1, -0.05) is 39.5 Å². The number of rotatable bonds is 7. The first-order valence-electron chi connectivity index (χ1n) is 8.23. The van der Waals surface area contributed by atoms with Gasteiger partial charge in [-0.15, -0.1) is 0 Å². The Morgan fingerprint density at radius 1 is 0.750 bits per heavy atom. The van der Waals surface area contributed by atoms with Crippen molar-refractivity contribution >= 4 is 15.8 Å². The molecule has 0 rings (SSSR count). The summed E-state index contributed by atoms with van der Waals surface area (Å²) in [6.45, 7) is 5.75. The average Bonchev–Trinajstić information content (AvgIpc) is 2.46. The topological polar surface area (TPSA) is 74.6 Å². The molecule has 0 aliphatic heterocycles. The van der Waals surface area contributed by atoms with E-state index in [0.29, 0.717) is 22.1 Å². The van der Waals surface area contributed by atoms with Crippen molar-refractivity contribution in [3.63, 3.8) is 0 Å². The molecular formula is C16H36N2O4P2+2. The van der Waals surface area contributed by atoms with Gasteiger partial charge in [0.25, 0.3) is 0 Å². The monoisotopic (exact) mass is 382 g/mol. The van der Waals surface area contributed by atoms with Crippen molar-refractivity contribution < 1.29 is 28.3 Å². The summed E-state index contributed by atoms with van der Waals surface area (Å²) in [5.41, 5.74) is 0. The number of hydrogen-bond donors (Lipinski definition) is 2. The van der Waals surface area contributed by atoms with Crippen LogP contribution >= 0.6 is 15.8 Å². The third-order valence-electron chi connectivity index (χ3n) is 2.90. The van der Waals surface area contributed by atoms with Gasteiger partial charge in [0.1, 0.15) is 0 Å². The predicted molar refractivity (Wildman–Crippen MR) is 101 cm³/mol. The molecule has 142 valence electrons. The van der Waals surface area contributed by atoms with Crippen LogP contribution in [0.4, 0.5) is 0 Å². The van der Waals surface area contributed by atoms with E-state index in [-0.39, 0.29) is 29.0 Å². The maximum atomic E-state index is 9.98. The van der Waals surface area contributed by atoms with E-state index >= 15 is 0 Å². The molecule has 0 aliphatic carbocycles. The molecule has 0 saturated carbocycles. The summed E-state index contributed by atoms with van der Waals surface area (Å²) >= 11 is 0. The Labute approximate surface area is 150 Å². The van der Waals surface area contributed by atoms with Gasteiger partial charge in [-0.25, -0.2) is 0 Å². The van der Waals surface area contributed by atoms with Crippen LogP contribution in [0.15, 0.2) is 0 Å². The van der Waals surface area contributed by atoms with Crippen molar-refractivity contribution in [2.45, 2.75) is 39.5 Å². The van der Waals surface area contributed by atoms with E-state index < -0.39 is 0 Å². The van der Waals surface area contributed by atoms with Crippen molar-refractivity contribution in [2.75, 3.05) is 54.5 Å². The van der Waals surface area contributed by atoms with Crippen LogP contribution in [-0.2, 0) is 9.13 Å². The Hall–Kier alpha value is -0.140. The van der Waals surface area contributed by atoms with Gasteiger partial charge >= 0.3 is 110 Å². The summed E-state index contributed by atoms with van der Waals surface area (Å²) < 4.78 is 20.7. The molecule has 0 saturated heterocycles. The van der Waals surface area contributed by atoms with Crippen LogP contribution in [0.25, 0.3) is 0 Å². The van der Waals surface area contributed by atoms with Gasteiger partial charge in [0, 0.05) is 0 Å². The number of unbranched alkanes of at least 4 members (excludes halogenated alkanes) is 3. The van der Waals surface area contributed by atoms with Gasteiger partial charge in [-0.3, -0.25) is 0 Å². The number of aliphatic hydroxyl groups excluding tert-OH is 2. The first-order valence-corrected chi connectivity index (χ1v) is 9.85. The minimum absolute atomic E-state index is 0.0928. The van der Waals surface area contributed by atoms with E-state index in [1.165, 1.54) is 25.7 Å². The van der Waals surface area contributed by atoms with Crippen LogP contribution in [0, 0.1) is 11.5 Å². The fourth-order valence-electron chi connectivity index (χ4n) is 1.32. The van der Waals surface area contributed by atoms with Crippen LogP contribution in [0.2, 0.25) is 0 Å². The van der Waals surface area contributed by atoms with Crippen molar-refractivity contribution in [2.24, 2.45) is 0 Å². The number of nitrogens with zero attached hydrogens (tertiary/aromatic N) is 2. The zero-order valence-corrected chi connectivity index (χ0v) is 17.9.